The van der Waals surface area contributed by atoms with Crippen molar-refractivity contribution in [2.24, 2.45) is 0 Å². The lowest BCUT2D eigenvalue weighted by molar-refractivity contribution is 0.357. The summed E-state index contributed by atoms with van der Waals surface area (Å²) in [6.07, 6.45) is 0.663. The van der Waals surface area contributed by atoms with E-state index in [0.29, 0.717) is 16.9 Å². The Morgan fingerprint density at radius 2 is 1.91 bits per heavy atom. The number of nitrogens with one attached hydrogen (secondary N) is 3. The van der Waals surface area contributed by atoms with Gasteiger partial charge in [-0.05, 0) is 36.4 Å². The standard InChI is InChI=1S/C20H13ClF2N8O/c21-12-2-1-3-13-14(12)20(32)31(30-11-6-4-10(22)5-7-11)19(28-13)16(23)29-18-15-17(25-8-24-15)26-9-27-18/h1-9,16,30H,(H2,24,25,26,27,29)/t16-/m1/s1. The van der Waals surface area contributed by atoms with Crippen LogP contribution in [0.15, 0.2) is 59.9 Å². The summed E-state index contributed by atoms with van der Waals surface area (Å²) in [5.74, 6) is -0.616. The summed E-state index contributed by atoms with van der Waals surface area (Å²) in [4.78, 5) is 32.4. The molecular weight excluding hydrogens is 442 g/mol. The molecule has 0 amide bonds. The van der Waals surface area contributed by atoms with Gasteiger partial charge in [-0.25, -0.2) is 28.7 Å². The molecule has 160 valence electrons. The Morgan fingerprint density at radius 1 is 1.09 bits per heavy atom. The number of hydrogen-bond donors (Lipinski definition) is 3. The van der Waals surface area contributed by atoms with Gasteiger partial charge in [-0.3, -0.25) is 10.2 Å². The van der Waals surface area contributed by atoms with E-state index >= 15 is 4.39 Å². The maximum Gasteiger partial charge on any atom is 0.281 e. The molecule has 9 nitrogen and oxygen atoms in total. The Bertz CT molecular complexity index is 1500. The van der Waals surface area contributed by atoms with E-state index in [4.69, 9.17) is 11.6 Å². The highest BCUT2D eigenvalue weighted by molar-refractivity contribution is 6.35. The Hall–Kier alpha value is -4.12. The minimum atomic E-state index is -1.97. The summed E-state index contributed by atoms with van der Waals surface area (Å²) in [7, 11) is 0. The lowest BCUT2D eigenvalue weighted by atomic mass is 10.2. The van der Waals surface area contributed by atoms with Crippen LogP contribution in [-0.4, -0.2) is 29.6 Å². The number of alkyl halides is 1. The van der Waals surface area contributed by atoms with Crippen molar-refractivity contribution >= 4 is 45.2 Å². The summed E-state index contributed by atoms with van der Waals surface area (Å²) < 4.78 is 29.8. The van der Waals surface area contributed by atoms with Gasteiger partial charge in [0, 0.05) is 0 Å². The van der Waals surface area contributed by atoms with Crippen LogP contribution in [0.25, 0.3) is 22.1 Å². The Morgan fingerprint density at radius 3 is 2.72 bits per heavy atom. The van der Waals surface area contributed by atoms with Gasteiger partial charge in [0.1, 0.15) is 17.7 Å². The zero-order valence-corrected chi connectivity index (χ0v) is 16.8. The fourth-order valence-electron chi connectivity index (χ4n) is 3.20. The maximum absolute atomic E-state index is 15.5. The number of aromatic nitrogens is 6. The minimum Gasteiger partial charge on any atom is -0.340 e. The van der Waals surface area contributed by atoms with Crippen LogP contribution in [0.3, 0.4) is 0 Å². The van der Waals surface area contributed by atoms with Crippen LogP contribution in [0.5, 0.6) is 0 Å². The smallest absolute Gasteiger partial charge is 0.281 e. The topological polar surface area (TPSA) is 113 Å². The predicted molar refractivity (Wildman–Crippen MR) is 116 cm³/mol. The normalized spacial score (nSPS) is 12.2. The summed E-state index contributed by atoms with van der Waals surface area (Å²) in [5, 5.41) is 2.86. The molecule has 1 atom stereocenters. The molecule has 5 aromatic rings. The SMILES string of the molecule is O=c1c2c(Cl)cccc2nc([C@H](F)Nc2ncnc3nc[nH]c23)n1Nc1ccc(F)cc1. The molecule has 0 bridgehead atoms. The average Bonchev–Trinajstić information content (AvgIpc) is 3.27. The first kappa shape index (κ1) is 19.8. The second-order valence-electron chi connectivity index (χ2n) is 6.69. The van der Waals surface area contributed by atoms with E-state index in [1.54, 1.807) is 12.1 Å². The van der Waals surface area contributed by atoms with E-state index < -0.39 is 17.7 Å². The van der Waals surface area contributed by atoms with Crippen molar-refractivity contribution in [3.63, 3.8) is 0 Å². The molecule has 12 heteroatoms. The lowest BCUT2D eigenvalue weighted by Gasteiger charge is -2.19. The lowest BCUT2D eigenvalue weighted by Crippen LogP contribution is -2.33. The molecule has 0 fully saturated rings. The number of anilines is 2. The summed E-state index contributed by atoms with van der Waals surface area (Å²) in [5.41, 5.74) is 3.43. The summed E-state index contributed by atoms with van der Waals surface area (Å²) >= 11 is 6.20. The van der Waals surface area contributed by atoms with Gasteiger partial charge in [-0.1, -0.05) is 17.7 Å². The van der Waals surface area contributed by atoms with E-state index in [9.17, 15) is 9.18 Å². The molecule has 0 aliphatic rings. The van der Waals surface area contributed by atoms with E-state index in [-0.39, 0.29) is 27.6 Å². The molecule has 0 saturated heterocycles. The Balaban J connectivity index is 1.64. The van der Waals surface area contributed by atoms with Gasteiger partial charge < -0.3 is 10.3 Å². The number of imidazole rings is 1. The largest absolute Gasteiger partial charge is 0.340 e. The summed E-state index contributed by atoms with van der Waals surface area (Å²) in [6.45, 7) is 0. The minimum absolute atomic E-state index is 0.109. The number of benzene rings is 2. The third-order valence-electron chi connectivity index (χ3n) is 4.67. The van der Waals surface area contributed by atoms with Crippen LogP contribution in [0, 0.1) is 5.82 Å². The van der Waals surface area contributed by atoms with Gasteiger partial charge in [0.15, 0.2) is 17.3 Å². The number of nitrogens with zero attached hydrogens (tertiary/aromatic N) is 5. The zero-order valence-electron chi connectivity index (χ0n) is 16.1. The number of rotatable bonds is 5. The Kier molecular flexibility index (Phi) is 4.86. The van der Waals surface area contributed by atoms with Crippen LogP contribution >= 0.6 is 11.6 Å². The molecular formula is C20H13ClF2N8O. The van der Waals surface area contributed by atoms with Gasteiger partial charge in [0.25, 0.3) is 5.56 Å². The molecule has 5 rings (SSSR count). The third kappa shape index (κ3) is 3.48. The quantitative estimate of drug-likeness (QED) is 0.346. The van der Waals surface area contributed by atoms with Crippen LogP contribution in [0.1, 0.15) is 12.1 Å². The van der Waals surface area contributed by atoms with Crippen LogP contribution < -0.4 is 16.3 Å². The van der Waals surface area contributed by atoms with E-state index in [2.05, 4.69) is 35.7 Å². The molecule has 3 heterocycles. The number of hydrogen-bond acceptors (Lipinski definition) is 7. The molecule has 0 aliphatic carbocycles. The fourth-order valence-corrected chi connectivity index (χ4v) is 3.45. The second kappa shape index (κ2) is 7.85. The average molecular weight is 455 g/mol. The van der Waals surface area contributed by atoms with Crippen molar-refractivity contribution in [2.75, 3.05) is 10.7 Å². The predicted octanol–water partition coefficient (Wildman–Crippen LogP) is 3.81. The molecule has 0 spiro atoms. The van der Waals surface area contributed by atoms with Gasteiger partial charge in [0.05, 0.1) is 27.9 Å². The molecule has 0 unspecified atom stereocenters. The van der Waals surface area contributed by atoms with Crippen molar-refractivity contribution < 1.29 is 8.78 Å². The van der Waals surface area contributed by atoms with Crippen molar-refractivity contribution in [2.45, 2.75) is 6.30 Å². The van der Waals surface area contributed by atoms with Crippen molar-refractivity contribution in [1.29, 1.82) is 0 Å². The first-order valence-electron chi connectivity index (χ1n) is 9.30. The first-order chi connectivity index (χ1) is 15.5. The molecule has 32 heavy (non-hydrogen) atoms. The second-order valence-corrected chi connectivity index (χ2v) is 7.10. The monoisotopic (exact) mass is 454 g/mol. The van der Waals surface area contributed by atoms with E-state index in [1.807, 2.05) is 0 Å². The highest BCUT2D eigenvalue weighted by atomic mass is 35.5. The fraction of sp³-hybridized carbons (Fsp3) is 0.0500. The highest BCUT2D eigenvalue weighted by Crippen LogP contribution is 2.25. The van der Waals surface area contributed by atoms with Crippen molar-refractivity contribution in [1.82, 2.24) is 29.6 Å². The van der Waals surface area contributed by atoms with Crippen molar-refractivity contribution in [3.05, 3.63) is 82.1 Å². The van der Waals surface area contributed by atoms with Gasteiger partial charge in [-0.15, -0.1) is 0 Å². The van der Waals surface area contributed by atoms with Crippen LogP contribution in [0.4, 0.5) is 20.3 Å². The first-order valence-corrected chi connectivity index (χ1v) is 9.67. The van der Waals surface area contributed by atoms with E-state index in [1.165, 1.54) is 43.0 Å². The van der Waals surface area contributed by atoms with Gasteiger partial charge in [0.2, 0.25) is 6.30 Å². The third-order valence-corrected chi connectivity index (χ3v) is 4.99. The van der Waals surface area contributed by atoms with Gasteiger partial charge >= 0.3 is 0 Å². The number of aromatic amines is 1. The molecule has 3 aromatic heterocycles. The molecule has 0 saturated carbocycles. The maximum atomic E-state index is 15.5. The highest BCUT2D eigenvalue weighted by Gasteiger charge is 2.23. The molecule has 3 N–H and O–H groups in total. The Labute approximate surface area is 183 Å². The number of H-pyrrole nitrogens is 1. The molecule has 0 aliphatic heterocycles. The number of fused-ring (bicyclic) bond motifs is 2. The van der Waals surface area contributed by atoms with Crippen LogP contribution in [-0.2, 0) is 0 Å². The van der Waals surface area contributed by atoms with E-state index in [0.717, 1.165) is 4.68 Å². The van der Waals surface area contributed by atoms with Gasteiger partial charge in [-0.2, -0.15) is 4.68 Å². The van der Waals surface area contributed by atoms with Crippen molar-refractivity contribution in [3.8, 4) is 0 Å². The van der Waals surface area contributed by atoms with Crippen LogP contribution in [0.2, 0.25) is 5.02 Å². The molecule has 0 radical (unpaired) electrons. The summed E-state index contributed by atoms with van der Waals surface area (Å²) in [6, 6.07) is 9.92. The zero-order chi connectivity index (χ0) is 22.2. The molecule has 2 aromatic carbocycles. The number of halogens is 3.